The molecule has 1 unspecified atom stereocenters. The van der Waals surface area contributed by atoms with Gasteiger partial charge in [-0.25, -0.2) is 0 Å². The van der Waals surface area contributed by atoms with Crippen molar-refractivity contribution in [2.75, 3.05) is 12.3 Å². The fourth-order valence-electron chi connectivity index (χ4n) is 1.75. The molecule has 1 atom stereocenters. The maximum atomic E-state index is 9.10. The molecule has 0 aliphatic rings. The highest BCUT2D eigenvalue weighted by Gasteiger charge is 2.09. The van der Waals surface area contributed by atoms with E-state index >= 15 is 0 Å². The van der Waals surface area contributed by atoms with E-state index in [-0.39, 0.29) is 5.92 Å². The largest absolute Gasteiger partial charge is 0.399 e. The van der Waals surface area contributed by atoms with Crippen molar-refractivity contribution in [3.05, 3.63) is 42.6 Å². The minimum Gasteiger partial charge on any atom is -0.399 e. The number of benzene rings is 1. The van der Waals surface area contributed by atoms with Crippen LogP contribution in [0.15, 0.2) is 37.0 Å². The zero-order valence-corrected chi connectivity index (χ0v) is 10.0. The molecule has 0 saturated heterocycles. The zero-order chi connectivity index (χ0) is 12.5. The van der Waals surface area contributed by atoms with Gasteiger partial charge in [-0.15, -0.1) is 0 Å². The van der Waals surface area contributed by atoms with Gasteiger partial charge in [0.1, 0.15) is 0 Å². The summed E-state index contributed by atoms with van der Waals surface area (Å²) in [6.07, 6.45) is 4.26. The Morgan fingerprint density at radius 3 is 2.88 bits per heavy atom. The van der Waals surface area contributed by atoms with Gasteiger partial charge in [0.25, 0.3) is 0 Å². The summed E-state index contributed by atoms with van der Waals surface area (Å²) in [5.41, 5.74) is 7.71. The van der Waals surface area contributed by atoms with E-state index in [1.165, 1.54) is 0 Å². The minimum absolute atomic E-state index is 0.0336. The summed E-state index contributed by atoms with van der Waals surface area (Å²) >= 11 is 0. The molecule has 1 aromatic rings. The number of nitrogens with two attached hydrogens (primary N) is 1. The van der Waals surface area contributed by atoms with Crippen molar-refractivity contribution in [2.45, 2.75) is 19.3 Å². The van der Waals surface area contributed by atoms with E-state index in [0.29, 0.717) is 0 Å². The molecule has 0 saturated carbocycles. The quantitative estimate of drug-likeness (QED) is 0.557. The number of hydrogen-bond donors (Lipinski definition) is 2. The first-order valence-electron chi connectivity index (χ1n) is 5.85. The van der Waals surface area contributed by atoms with Crippen LogP contribution in [0.4, 0.5) is 5.69 Å². The number of hydrogen-bond acceptors (Lipinski definition) is 3. The number of nitrogen functional groups attached to an aromatic ring is 1. The number of nitrogens with zero attached hydrogens (tertiary/aromatic N) is 1. The Morgan fingerprint density at radius 2 is 2.24 bits per heavy atom. The fourth-order valence-corrected chi connectivity index (χ4v) is 1.75. The Bertz CT molecular complexity index is 393. The van der Waals surface area contributed by atoms with Gasteiger partial charge in [0.2, 0.25) is 0 Å². The average molecular weight is 229 g/mol. The molecular formula is C14H19N3. The molecule has 0 spiro atoms. The van der Waals surface area contributed by atoms with Crippen molar-refractivity contribution >= 4 is 5.69 Å². The van der Waals surface area contributed by atoms with Crippen molar-refractivity contribution < 1.29 is 0 Å². The maximum Gasteiger partial charge on any atom is 0.0659 e. The third-order valence-electron chi connectivity index (χ3n) is 2.72. The normalized spacial score (nSPS) is 11.5. The molecule has 3 nitrogen and oxygen atoms in total. The molecule has 90 valence electrons. The maximum absolute atomic E-state index is 9.10. The molecule has 0 amide bonds. The zero-order valence-electron chi connectivity index (χ0n) is 10.0. The Kier molecular flexibility index (Phi) is 5.67. The van der Waals surface area contributed by atoms with E-state index in [1.54, 1.807) is 6.20 Å². The van der Waals surface area contributed by atoms with Crippen LogP contribution in [0.2, 0.25) is 0 Å². The molecule has 0 radical (unpaired) electrons. The van der Waals surface area contributed by atoms with Crippen molar-refractivity contribution in [1.29, 1.82) is 5.26 Å². The van der Waals surface area contributed by atoms with E-state index in [9.17, 15) is 0 Å². The first-order chi connectivity index (χ1) is 8.27. The molecule has 0 aromatic heterocycles. The molecule has 1 rings (SSSR count). The smallest absolute Gasteiger partial charge is 0.0659 e. The average Bonchev–Trinajstić information content (AvgIpc) is 2.35. The lowest BCUT2D eigenvalue weighted by atomic mass is 9.95. The van der Waals surface area contributed by atoms with Gasteiger partial charge in [-0.05, 0) is 37.1 Å². The van der Waals surface area contributed by atoms with Gasteiger partial charge in [0, 0.05) is 12.2 Å². The molecule has 3 heteroatoms. The predicted molar refractivity (Wildman–Crippen MR) is 71.1 cm³/mol. The highest BCUT2D eigenvalue weighted by molar-refractivity contribution is 5.46. The Balaban J connectivity index is 2.45. The highest BCUT2D eigenvalue weighted by Crippen LogP contribution is 2.18. The summed E-state index contributed by atoms with van der Waals surface area (Å²) in [5, 5.41) is 12.1. The third kappa shape index (κ3) is 4.60. The van der Waals surface area contributed by atoms with Gasteiger partial charge in [-0.3, -0.25) is 0 Å². The van der Waals surface area contributed by atoms with E-state index in [2.05, 4.69) is 18.0 Å². The fraction of sp³-hybridized carbons (Fsp3) is 0.357. The van der Waals surface area contributed by atoms with Gasteiger partial charge >= 0.3 is 0 Å². The number of anilines is 1. The van der Waals surface area contributed by atoms with Crippen LogP contribution in [0.5, 0.6) is 0 Å². The third-order valence-corrected chi connectivity index (χ3v) is 2.72. The van der Waals surface area contributed by atoms with Crippen LogP contribution in [0.1, 0.15) is 18.4 Å². The van der Waals surface area contributed by atoms with E-state index < -0.39 is 0 Å². The van der Waals surface area contributed by atoms with Gasteiger partial charge in [0.15, 0.2) is 0 Å². The molecule has 0 aliphatic carbocycles. The first-order valence-corrected chi connectivity index (χ1v) is 5.85. The van der Waals surface area contributed by atoms with Crippen LogP contribution in [-0.4, -0.2) is 6.54 Å². The van der Waals surface area contributed by atoms with Crippen LogP contribution in [-0.2, 0) is 6.42 Å². The topological polar surface area (TPSA) is 61.8 Å². The highest BCUT2D eigenvalue weighted by atomic mass is 14.8. The minimum atomic E-state index is 0.0336. The lowest BCUT2D eigenvalue weighted by Crippen LogP contribution is -2.10. The molecule has 0 aliphatic heterocycles. The number of rotatable bonds is 7. The van der Waals surface area contributed by atoms with Gasteiger partial charge in [-0.2, -0.15) is 5.26 Å². The number of nitriles is 1. The van der Waals surface area contributed by atoms with Crippen LogP contribution in [0, 0.1) is 17.2 Å². The second-order valence-electron chi connectivity index (χ2n) is 4.03. The molecule has 0 fully saturated rings. The molecule has 0 bridgehead atoms. The molecule has 0 heterocycles. The lowest BCUT2D eigenvalue weighted by molar-refractivity contribution is 0.561. The summed E-state index contributed by atoms with van der Waals surface area (Å²) in [6, 6.07) is 10.1. The summed E-state index contributed by atoms with van der Waals surface area (Å²) in [6.45, 7) is 4.45. The second-order valence-corrected chi connectivity index (χ2v) is 4.03. The molecular weight excluding hydrogens is 210 g/mol. The van der Waals surface area contributed by atoms with Crippen LogP contribution >= 0.6 is 0 Å². The Hall–Kier alpha value is -1.95. The van der Waals surface area contributed by atoms with Crippen LogP contribution in [0.3, 0.4) is 0 Å². The van der Waals surface area contributed by atoms with Crippen LogP contribution < -0.4 is 11.1 Å². The standard InChI is InChI=1S/C14H19N3/c1-2-17-9-5-6-12(11-15)10-13-7-3-4-8-14(13)16/h2-4,7-8,12,17H,1,5-6,9-10,16H2. The van der Waals surface area contributed by atoms with Gasteiger partial charge in [0.05, 0.1) is 12.0 Å². The number of para-hydroxylation sites is 1. The predicted octanol–water partition coefficient (Wildman–Crippen LogP) is 2.46. The Morgan fingerprint density at radius 1 is 1.47 bits per heavy atom. The number of nitrogens with one attached hydrogen (secondary N) is 1. The molecule has 3 N–H and O–H groups in total. The first kappa shape index (κ1) is 13.1. The van der Waals surface area contributed by atoms with Gasteiger partial charge < -0.3 is 11.1 Å². The van der Waals surface area contributed by atoms with Crippen molar-refractivity contribution in [1.82, 2.24) is 5.32 Å². The van der Waals surface area contributed by atoms with Crippen molar-refractivity contribution in [3.8, 4) is 6.07 Å². The monoisotopic (exact) mass is 229 g/mol. The Labute approximate surface area is 103 Å². The van der Waals surface area contributed by atoms with E-state index in [1.807, 2.05) is 24.3 Å². The molecule has 17 heavy (non-hydrogen) atoms. The summed E-state index contributed by atoms with van der Waals surface area (Å²) < 4.78 is 0. The molecule has 1 aromatic carbocycles. The summed E-state index contributed by atoms with van der Waals surface area (Å²) in [7, 11) is 0. The van der Waals surface area contributed by atoms with E-state index in [4.69, 9.17) is 11.0 Å². The van der Waals surface area contributed by atoms with E-state index in [0.717, 1.165) is 37.1 Å². The SMILES string of the molecule is C=CNCCCC(C#N)Cc1ccccc1N. The summed E-state index contributed by atoms with van der Waals surface area (Å²) in [4.78, 5) is 0. The van der Waals surface area contributed by atoms with Gasteiger partial charge in [-0.1, -0.05) is 24.8 Å². The summed E-state index contributed by atoms with van der Waals surface area (Å²) in [5.74, 6) is 0.0336. The second kappa shape index (κ2) is 7.34. The van der Waals surface area contributed by atoms with Crippen LogP contribution in [0.25, 0.3) is 0 Å². The van der Waals surface area contributed by atoms with Crippen molar-refractivity contribution in [2.24, 2.45) is 5.92 Å². The van der Waals surface area contributed by atoms with Crippen molar-refractivity contribution in [3.63, 3.8) is 0 Å². The lowest BCUT2D eigenvalue weighted by Gasteiger charge is -2.10.